The van der Waals surface area contributed by atoms with E-state index in [0.717, 1.165) is 24.7 Å². The van der Waals surface area contributed by atoms with E-state index < -0.39 is 0 Å². The zero-order chi connectivity index (χ0) is 18.9. The number of aryl methyl sites for hydroxylation is 1. The van der Waals surface area contributed by atoms with E-state index in [0.29, 0.717) is 13.1 Å². The number of carbonyl (C=O) groups excluding carboxylic acids is 1. The van der Waals surface area contributed by atoms with Crippen LogP contribution < -0.4 is 20.7 Å². The number of benzene rings is 1. The molecule has 3 N–H and O–H groups in total. The molecule has 1 amide bonds. The second-order valence-corrected chi connectivity index (χ2v) is 7.00. The molecule has 0 unspecified atom stereocenters. The van der Waals surface area contributed by atoms with Crippen LogP contribution in [0.4, 0.5) is 0 Å². The lowest BCUT2D eigenvalue weighted by Gasteiger charge is -2.18. The first kappa shape index (κ1) is 20.8. The van der Waals surface area contributed by atoms with E-state index in [1.165, 1.54) is 11.1 Å². The van der Waals surface area contributed by atoms with E-state index in [1.807, 2.05) is 32.9 Å². The number of hydrogen-bond acceptors (Lipinski definition) is 3. The number of ether oxygens (including phenoxy) is 1. The van der Waals surface area contributed by atoms with Crippen LogP contribution in [0, 0.1) is 12.3 Å². The zero-order valence-electron chi connectivity index (χ0n) is 16.3. The maximum Gasteiger partial charge on any atom is 0.225 e. The summed E-state index contributed by atoms with van der Waals surface area (Å²) in [6.07, 6.45) is 0.840. The molecule has 0 aliphatic heterocycles. The second-order valence-electron chi connectivity index (χ2n) is 7.00. The molecule has 25 heavy (non-hydrogen) atoms. The minimum atomic E-state index is -0.368. The Bertz CT molecular complexity index is 592. The molecule has 0 aliphatic carbocycles. The molecule has 140 valence electrons. The predicted octanol–water partition coefficient (Wildman–Crippen LogP) is 1.87. The van der Waals surface area contributed by atoms with E-state index in [1.54, 1.807) is 14.2 Å². The van der Waals surface area contributed by atoms with Gasteiger partial charge in [0.1, 0.15) is 5.75 Å². The van der Waals surface area contributed by atoms with Gasteiger partial charge in [0, 0.05) is 32.1 Å². The van der Waals surface area contributed by atoms with Gasteiger partial charge in [0.25, 0.3) is 0 Å². The molecule has 0 aromatic heterocycles. The van der Waals surface area contributed by atoms with E-state index >= 15 is 0 Å². The number of hydrogen-bond donors (Lipinski definition) is 3. The first-order valence-corrected chi connectivity index (χ1v) is 8.64. The molecule has 0 aliphatic rings. The molecule has 0 atom stereocenters. The van der Waals surface area contributed by atoms with Gasteiger partial charge in [-0.25, -0.2) is 0 Å². The molecule has 6 nitrogen and oxygen atoms in total. The van der Waals surface area contributed by atoms with Gasteiger partial charge in [0.05, 0.1) is 7.11 Å². The fourth-order valence-electron chi connectivity index (χ4n) is 2.26. The van der Waals surface area contributed by atoms with E-state index in [-0.39, 0.29) is 11.3 Å². The highest BCUT2D eigenvalue weighted by atomic mass is 16.5. The summed E-state index contributed by atoms with van der Waals surface area (Å²) in [5.41, 5.74) is 2.02. The molecule has 0 fully saturated rings. The van der Waals surface area contributed by atoms with Crippen molar-refractivity contribution in [1.82, 2.24) is 16.0 Å². The molecule has 1 aromatic carbocycles. The van der Waals surface area contributed by atoms with Crippen molar-refractivity contribution in [3.63, 3.8) is 0 Å². The Hall–Kier alpha value is -2.24. The third kappa shape index (κ3) is 7.45. The van der Waals surface area contributed by atoms with Crippen molar-refractivity contribution < 1.29 is 9.53 Å². The lowest BCUT2D eigenvalue weighted by atomic mass is 9.96. The second kappa shape index (κ2) is 9.91. The van der Waals surface area contributed by atoms with Crippen LogP contribution in [-0.4, -0.2) is 45.7 Å². The number of nitrogens with zero attached hydrogens (tertiary/aromatic N) is 1. The van der Waals surface area contributed by atoms with Gasteiger partial charge < -0.3 is 20.7 Å². The van der Waals surface area contributed by atoms with Crippen LogP contribution in [0.1, 0.15) is 31.9 Å². The number of guanidine groups is 1. The summed E-state index contributed by atoms with van der Waals surface area (Å²) in [6, 6.07) is 6.18. The number of nitrogens with one attached hydrogen (secondary N) is 3. The Balaban J connectivity index is 2.36. The van der Waals surface area contributed by atoms with Crippen LogP contribution in [0.15, 0.2) is 23.2 Å². The molecule has 1 aromatic rings. The van der Waals surface area contributed by atoms with Crippen molar-refractivity contribution in [2.75, 3.05) is 33.8 Å². The minimum absolute atomic E-state index is 0.0452. The topological polar surface area (TPSA) is 74.8 Å². The highest BCUT2D eigenvalue weighted by Crippen LogP contribution is 2.19. The summed E-state index contributed by atoms with van der Waals surface area (Å²) < 4.78 is 5.40. The molecular weight excluding hydrogens is 316 g/mol. The Labute approximate surface area is 151 Å². The van der Waals surface area contributed by atoms with Crippen molar-refractivity contribution in [1.29, 1.82) is 0 Å². The van der Waals surface area contributed by atoms with Crippen LogP contribution in [0.2, 0.25) is 0 Å². The monoisotopic (exact) mass is 348 g/mol. The SMILES string of the molecule is CN=C(NCCNC(=O)C(C)(C)C)NCCc1cc(C)ccc1OC. The highest BCUT2D eigenvalue weighted by molar-refractivity contribution is 5.81. The van der Waals surface area contributed by atoms with E-state index in [2.05, 4.69) is 33.9 Å². The Kier molecular flexibility index (Phi) is 8.25. The van der Waals surface area contributed by atoms with Gasteiger partial charge >= 0.3 is 0 Å². The molecule has 0 radical (unpaired) electrons. The van der Waals surface area contributed by atoms with Gasteiger partial charge in [0.2, 0.25) is 5.91 Å². The third-order valence-electron chi connectivity index (χ3n) is 3.73. The molecule has 0 bridgehead atoms. The summed E-state index contributed by atoms with van der Waals surface area (Å²) in [5.74, 6) is 1.67. The number of carbonyl (C=O) groups is 1. The molecule has 0 spiro atoms. The van der Waals surface area contributed by atoms with Gasteiger partial charge in [-0.3, -0.25) is 9.79 Å². The van der Waals surface area contributed by atoms with Crippen molar-refractivity contribution in [3.8, 4) is 5.75 Å². The average Bonchev–Trinajstić information content (AvgIpc) is 2.56. The van der Waals surface area contributed by atoms with Crippen LogP contribution >= 0.6 is 0 Å². The summed E-state index contributed by atoms with van der Waals surface area (Å²) >= 11 is 0. The van der Waals surface area contributed by atoms with Crippen LogP contribution in [0.5, 0.6) is 5.75 Å². The van der Waals surface area contributed by atoms with Crippen LogP contribution in [0.25, 0.3) is 0 Å². The normalized spacial score (nSPS) is 11.8. The van der Waals surface area contributed by atoms with Gasteiger partial charge in [0.15, 0.2) is 5.96 Å². The standard InChI is InChI=1S/C19H32N4O2/c1-14-7-8-16(25-6)15(13-14)9-10-22-18(20-5)23-12-11-21-17(24)19(2,3)4/h7-8,13H,9-12H2,1-6H3,(H,21,24)(H2,20,22,23). The van der Waals surface area contributed by atoms with Gasteiger partial charge in [-0.05, 0) is 25.0 Å². The van der Waals surface area contributed by atoms with Crippen molar-refractivity contribution >= 4 is 11.9 Å². The maximum atomic E-state index is 11.8. The summed E-state index contributed by atoms with van der Waals surface area (Å²) in [5, 5.41) is 9.38. The molecular formula is C19H32N4O2. The predicted molar refractivity (Wildman–Crippen MR) is 103 cm³/mol. The highest BCUT2D eigenvalue weighted by Gasteiger charge is 2.20. The van der Waals surface area contributed by atoms with Crippen LogP contribution in [-0.2, 0) is 11.2 Å². The number of methoxy groups -OCH3 is 1. The average molecular weight is 348 g/mol. The van der Waals surface area contributed by atoms with Crippen molar-refractivity contribution in [2.45, 2.75) is 34.1 Å². The molecule has 6 heteroatoms. The number of rotatable bonds is 7. The Morgan fingerprint density at radius 2 is 1.76 bits per heavy atom. The minimum Gasteiger partial charge on any atom is -0.496 e. The van der Waals surface area contributed by atoms with Gasteiger partial charge in [-0.1, -0.05) is 38.5 Å². The molecule has 0 saturated carbocycles. The first-order chi connectivity index (χ1) is 11.8. The lowest BCUT2D eigenvalue weighted by Crippen LogP contribution is -2.43. The Morgan fingerprint density at radius 1 is 1.12 bits per heavy atom. The first-order valence-electron chi connectivity index (χ1n) is 8.64. The van der Waals surface area contributed by atoms with Crippen LogP contribution in [0.3, 0.4) is 0 Å². The molecule has 0 heterocycles. The van der Waals surface area contributed by atoms with Gasteiger partial charge in [-0.2, -0.15) is 0 Å². The van der Waals surface area contributed by atoms with Crippen molar-refractivity contribution in [3.05, 3.63) is 29.3 Å². The number of aliphatic imine (C=N–C) groups is 1. The fraction of sp³-hybridized carbons (Fsp3) is 0.579. The Morgan fingerprint density at radius 3 is 2.36 bits per heavy atom. The lowest BCUT2D eigenvalue weighted by molar-refractivity contribution is -0.128. The van der Waals surface area contributed by atoms with E-state index in [4.69, 9.17) is 4.74 Å². The van der Waals surface area contributed by atoms with Gasteiger partial charge in [-0.15, -0.1) is 0 Å². The number of amides is 1. The quantitative estimate of drug-likeness (QED) is 0.399. The summed E-state index contributed by atoms with van der Waals surface area (Å²) in [7, 11) is 3.42. The molecule has 0 saturated heterocycles. The molecule has 1 rings (SSSR count). The summed E-state index contributed by atoms with van der Waals surface area (Å²) in [4.78, 5) is 16.0. The fourth-order valence-corrected chi connectivity index (χ4v) is 2.26. The smallest absolute Gasteiger partial charge is 0.225 e. The van der Waals surface area contributed by atoms with Crippen molar-refractivity contribution in [2.24, 2.45) is 10.4 Å². The largest absolute Gasteiger partial charge is 0.496 e. The maximum absolute atomic E-state index is 11.8. The zero-order valence-corrected chi connectivity index (χ0v) is 16.3. The third-order valence-corrected chi connectivity index (χ3v) is 3.73. The summed E-state index contributed by atoms with van der Waals surface area (Å²) in [6.45, 7) is 9.69. The van der Waals surface area contributed by atoms with E-state index in [9.17, 15) is 4.79 Å².